The van der Waals surface area contributed by atoms with E-state index in [1.165, 1.54) is 25.7 Å². The highest BCUT2D eigenvalue weighted by Gasteiger charge is 2.34. The molecule has 0 spiro atoms. The van der Waals surface area contributed by atoms with Crippen LogP contribution < -0.4 is 10.6 Å². The Morgan fingerprint density at radius 3 is 2.03 bits per heavy atom. The van der Waals surface area contributed by atoms with E-state index in [0.29, 0.717) is 12.2 Å². The number of aromatic nitrogens is 3. The fourth-order valence-electron chi connectivity index (χ4n) is 4.25. The number of carbonyl (C=O) groups is 2. The van der Waals surface area contributed by atoms with Gasteiger partial charge in [0.2, 0.25) is 23.7 Å². The normalized spacial score (nSPS) is 22.1. The summed E-state index contributed by atoms with van der Waals surface area (Å²) in [5.41, 5.74) is 0. The van der Waals surface area contributed by atoms with Crippen molar-refractivity contribution in [3.05, 3.63) is 18.0 Å². The Hall–Kier alpha value is -2.31. The van der Waals surface area contributed by atoms with Crippen molar-refractivity contribution in [1.82, 2.24) is 15.0 Å². The van der Waals surface area contributed by atoms with Crippen molar-refractivity contribution < 1.29 is 9.59 Å². The van der Waals surface area contributed by atoms with E-state index in [1.54, 1.807) is 0 Å². The zero-order chi connectivity index (χ0) is 21.7. The molecule has 7 nitrogen and oxygen atoms in total. The van der Waals surface area contributed by atoms with Gasteiger partial charge in [-0.15, -0.1) is 0 Å². The summed E-state index contributed by atoms with van der Waals surface area (Å²) in [6, 6.07) is 0. The third-order valence-electron chi connectivity index (χ3n) is 6.09. The summed E-state index contributed by atoms with van der Waals surface area (Å²) in [4.78, 5) is 37.1. The topological polar surface area (TPSA) is 96.9 Å². The third kappa shape index (κ3) is 6.09. The highest BCUT2D eigenvalue weighted by atomic mass is 16.2. The van der Waals surface area contributed by atoms with E-state index in [4.69, 9.17) is 0 Å². The number of hydrogen-bond acceptors (Lipinski definition) is 5. The van der Waals surface area contributed by atoms with Crippen molar-refractivity contribution in [2.24, 2.45) is 29.6 Å². The van der Waals surface area contributed by atoms with Gasteiger partial charge in [0.05, 0.1) is 0 Å². The van der Waals surface area contributed by atoms with E-state index in [0.717, 1.165) is 30.6 Å². The average Bonchev–Trinajstić information content (AvgIpc) is 3.30. The van der Waals surface area contributed by atoms with Gasteiger partial charge in [0.15, 0.2) is 0 Å². The minimum atomic E-state index is -0.181. The molecule has 0 aromatic carbocycles. The maximum atomic E-state index is 12.0. The van der Waals surface area contributed by atoms with Gasteiger partial charge in [0.1, 0.15) is 5.82 Å². The lowest BCUT2D eigenvalue weighted by atomic mass is 9.88. The summed E-state index contributed by atoms with van der Waals surface area (Å²) in [6.07, 6.45) is 12.9. The predicted molar refractivity (Wildman–Crippen MR) is 118 cm³/mol. The highest BCUT2D eigenvalue weighted by Crippen LogP contribution is 2.45. The van der Waals surface area contributed by atoms with E-state index >= 15 is 0 Å². The highest BCUT2D eigenvalue weighted by molar-refractivity contribution is 5.92. The molecule has 2 aliphatic carbocycles. The lowest BCUT2D eigenvalue weighted by molar-refractivity contribution is -0.119. The first-order valence-electron chi connectivity index (χ1n) is 11.4. The first-order valence-corrected chi connectivity index (χ1v) is 11.4. The molecule has 1 saturated carbocycles. The SMILES string of the molecule is CC(C)C(=O)Nc1nc(CCCCCC2CC3C=CC2C3)nc(NC(=O)C(C)C)n1. The number of amides is 2. The molecule has 1 heterocycles. The third-order valence-corrected chi connectivity index (χ3v) is 6.09. The van der Waals surface area contributed by atoms with Gasteiger partial charge in [-0.1, -0.05) is 52.7 Å². The molecule has 3 unspecified atom stereocenters. The number of hydrogen-bond donors (Lipinski definition) is 2. The summed E-state index contributed by atoms with van der Waals surface area (Å²) >= 11 is 0. The zero-order valence-electron chi connectivity index (χ0n) is 18.6. The molecule has 1 aromatic heterocycles. The van der Waals surface area contributed by atoms with Gasteiger partial charge in [-0.3, -0.25) is 20.2 Å². The summed E-state index contributed by atoms with van der Waals surface area (Å²) in [6.45, 7) is 7.24. The van der Waals surface area contributed by atoms with Crippen LogP contribution >= 0.6 is 0 Å². The van der Waals surface area contributed by atoms with Crippen LogP contribution in [0.5, 0.6) is 0 Å². The van der Waals surface area contributed by atoms with Crippen LogP contribution in [0, 0.1) is 29.6 Å². The minimum absolute atomic E-state index is 0.159. The first kappa shape index (κ1) is 22.4. The standard InChI is InChI=1S/C23H35N5O2/c1-14(2)20(29)26-22-24-19(25-23(28-22)27-21(30)15(3)4)9-7-5-6-8-17-12-16-10-11-18(17)13-16/h10-11,14-18H,5-9,12-13H2,1-4H3,(H2,24,25,26,27,28,29,30). The molecule has 30 heavy (non-hydrogen) atoms. The van der Waals surface area contributed by atoms with Crippen molar-refractivity contribution in [3.63, 3.8) is 0 Å². The minimum Gasteiger partial charge on any atom is -0.294 e. The van der Waals surface area contributed by atoms with Gasteiger partial charge < -0.3 is 0 Å². The first-order chi connectivity index (χ1) is 14.3. The van der Waals surface area contributed by atoms with Crippen molar-refractivity contribution in [1.29, 1.82) is 0 Å². The Labute approximate surface area is 179 Å². The van der Waals surface area contributed by atoms with E-state index in [2.05, 4.69) is 37.7 Å². The molecule has 7 heteroatoms. The van der Waals surface area contributed by atoms with Crippen LogP contribution in [0.3, 0.4) is 0 Å². The number of nitrogens with zero attached hydrogens (tertiary/aromatic N) is 3. The van der Waals surface area contributed by atoms with Crippen LogP contribution in [-0.4, -0.2) is 26.8 Å². The van der Waals surface area contributed by atoms with Crippen molar-refractivity contribution in [3.8, 4) is 0 Å². The van der Waals surface area contributed by atoms with Gasteiger partial charge in [0, 0.05) is 18.3 Å². The molecule has 1 fully saturated rings. The smallest absolute Gasteiger partial charge is 0.234 e. The predicted octanol–water partition coefficient (Wildman–Crippen LogP) is 4.38. The lowest BCUT2D eigenvalue weighted by Crippen LogP contribution is -2.23. The largest absolute Gasteiger partial charge is 0.294 e. The van der Waals surface area contributed by atoms with Crippen LogP contribution in [0.4, 0.5) is 11.9 Å². The van der Waals surface area contributed by atoms with Gasteiger partial charge in [0.25, 0.3) is 0 Å². The quantitative estimate of drug-likeness (QED) is 0.438. The number of unbranched alkanes of at least 4 members (excludes halogenated alkanes) is 2. The average molecular weight is 414 g/mol. The van der Waals surface area contributed by atoms with Crippen LogP contribution in [0.1, 0.15) is 72.0 Å². The molecule has 2 aliphatic rings. The zero-order valence-corrected chi connectivity index (χ0v) is 18.6. The molecule has 164 valence electrons. The molecule has 0 aliphatic heterocycles. The Kier molecular flexibility index (Phi) is 7.56. The number of allylic oxidation sites excluding steroid dienone is 2. The molecular weight excluding hydrogens is 378 g/mol. The second-order valence-corrected chi connectivity index (χ2v) is 9.33. The Morgan fingerprint density at radius 1 is 0.900 bits per heavy atom. The fourth-order valence-corrected chi connectivity index (χ4v) is 4.25. The monoisotopic (exact) mass is 413 g/mol. The number of fused-ring (bicyclic) bond motifs is 2. The molecule has 3 rings (SSSR count). The van der Waals surface area contributed by atoms with Gasteiger partial charge in [-0.05, 0) is 43.4 Å². The van der Waals surface area contributed by atoms with Gasteiger partial charge >= 0.3 is 0 Å². The summed E-state index contributed by atoms with van der Waals surface area (Å²) in [5.74, 6) is 2.85. The molecule has 2 bridgehead atoms. The number of aryl methyl sites for hydroxylation is 1. The van der Waals surface area contributed by atoms with Crippen LogP contribution in [0.25, 0.3) is 0 Å². The summed E-state index contributed by atoms with van der Waals surface area (Å²) in [7, 11) is 0. The summed E-state index contributed by atoms with van der Waals surface area (Å²) < 4.78 is 0. The molecule has 2 amide bonds. The molecule has 0 radical (unpaired) electrons. The Balaban J connectivity index is 1.54. The molecule has 3 atom stereocenters. The van der Waals surface area contributed by atoms with Crippen LogP contribution in [-0.2, 0) is 16.0 Å². The van der Waals surface area contributed by atoms with Gasteiger partial charge in [-0.25, -0.2) is 0 Å². The fraction of sp³-hybridized carbons (Fsp3) is 0.696. The van der Waals surface area contributed by atoms with Gasteiger partial charge in [-0.2, -0.15) is 15.0 Å². The van der Waals surface area contributed by atoms with Crippen LogP contribution in [0.2, 0.25) is 0 Å². The van der Waals surface area contributed by atoms with Crippen molar-refractivity contribution >= 4 is 23.7 Å². The van der Waals surface area contributed by atoms with Crippen molar-refractivity contribution in [2.75, 3.05) is 10.6 Å². The number of carbonyl (C=O) groups excluding carboxylic acids is 2. The van der Waals surface area contributed by atoms with E-state index in [-0.39, 0.29) is 35.5 Å². The van der Waals surface area contributed by atoms with Crippen LogP contribution in [0.15, 0.2) is 12.2 Å². The number of anilines is 2. The molecule has 1 aromatic rings. The Morgan fingerprint density at radius 2 is 1.53 bits per heavy atom. The maximum absolute atomic E-state index is 12.0. The number of nitrogens with one attached hydrogen (secondary N) is 2. The maximum Gasteiger partial charge on any atom is 0.234 e. The van der Waals surface area contributed by atoms with E-state index in [1.807, 2.05) is 27.7 Å². The summed E-state index contributed by atoms with van der Waals surface area (Å²) in [5, 5.41) is 5.44. The number of rotatable bonds is 10. The molecule has 2 N–H and O–H groups in total. The van der Waals surface area contributed by atoms with Crippen molar-refractivity contribution in [2.45, 2.75) is 72.6 Å². The lowest BCUT2D eigenvalue weighted by Gasteiger charge is -2.17. The van der Waals surface area contributed by atoms with E-state index in [9.17, 15) is 9.59 Å². The van der Waals surface area contributed by atoms with E-state index < -0.39 is 0 Å². The molecular formula is C23H35N5O2. The second kappa shape index (κ2) is 10.1. The second-order valence-electron chi connectivity index (χ2n) is 9.33. The Bertz CT molecular complexity index is 750. The molecule has 0 saturated heterocycles.